The number of nitrogens with one attached hydrogen (secondary N) is 4. The van der Waals surface area contributed by atoms with Crippen molar-refractivity contribution in [2.45, 2.75) is 114 Å². The predicted molar refractivity (Wildman–Crippen MR) is 198 cm³/mol. The van der Waals surface area contributed by atoms with Crippen LogP contribution in [0.25, 0.3) is 10.9 Å². The maximum atomic E-state index is 14.6. The Bertz CT molecular complexity index is 1870. The molecule has 0 radical (unpaired) electrons. The molecule has 7 atom stereocenters. The minimum absolute atomic E-state index is 0.0345. The van der Waals surface area contributed by atoms with E-state index in [1.807, 2.05) is 44.3 Å². The van der Waals surface area contributed by atoms with Crippen LogP contribution in [-0.4, -0.2) is 97.5 Å². The lowest BCUT2D eigenvalue weighted by molar-refractivity contribution is -0.145. The van der Waals surface area contributed by atoms with Gasteiger partial charge in [-0.3, -0.25) is 28.8 Å². The molecule has 0 unspecified atom stereocenters. The van der Waals surface area contributed by atoms with Crippen LogP contribution in [0.4, 0.5) is 0 Å². The Balaban J connectivity index is 1.36. The molecule has 3 aliphatic rings. The Morgan fingerprint density at radius 3 is 2.52 bits per heavy atom. The molecule has 6 rings (SSSR count). The van der Waals surface area contributed by atoms with E-state index in [2.05, 4.69) is 31.2 Å². The van der Waals surface area contributed by atoms with Gasteiger partial charge in [-0.2, -0.15) is 0 Å². The number of para-hydroxylation sites is 1. The van der Waals surface area contributed by atoms with Crippen LogP contribution >= 0.6 is 0 Å². The van der Waals surface area contributed by atoms with E-state index in [0.29, 0.717) is 12.3 Å². The summed E-state index contributed by atoms with van der Waals surface area (Å²) in [5, 5.41) is 18.0. The van der Waals surface area contributed by atoms with Crippen LogP contribution in [0, 0.1) is 11.8 Å². The zero-order valence-electron chi connectivity index (χ0n) is 31.0. The summed E-state index contributed by atoms with van der Waals surface area (Å²) in [4.78, 5) is 86.7. The fraction of sp³-hybridized carbons (Fsp3) is 0.579. The van der Waals surface area contributed by atoms with Gasteiger partial charge in [0, 0.05) is 73.9 Å². The number of ketones is 1. The number of aromatic amines is 1. The van der Waals surface area contributed by atoms with Crippen LogP contribution < -0.4 is 27.4 Å². The molecule has 3 aromatic rings. The second-order valence-electron chi connectivity index (χ2n) is 15.2. The molecule has 1 aromatic carbocycles. The summed E-state index contributed by atoms with van der Waals surface area (Å²) >= 11 is 0. The molecule has 54 heavy (non-hydrogen) atoms. The fourth-order valence-electron chi connectivity index (χ4n) is 8.07. The number of H-pyrrole nitrogens is 1. The number of carbonyl (C=O) groups excluding carboxylic acids is 6. The summed E-state index contributed by atoms with van der Waals surface area (Å²) in [5.41, 5.74) is 14.4. The quantitative estimate of drug-likeness (QED) is 0.203. The van der Waals surface area contributed by atoms with Gasteiger partial charge < -0.3 is 37.3 Å². The van der Waals surface area contributed by atoms with E-state index < -0.39 is 65.5 Å². The molecular formula is C38H52N10O6. The van der Waals surface area contributed by atoms with Gasteiger partial charge in [-0.1, -0.05) is 56.5 Å². The molecule has 290 valence electrons. The first kappa shape index (κ1) is 38.6. The van der Waals surface area contributed by atoms with Crippen LogP contribution in [0.3, 0.4) is 0 Å². The Labute approximate surface area is 313 Å². The van der Waals surface area contributed by atoms with Gasteiger partial charge in [0.15, 0.2) is 5.78 Å². The summed E-state index contributed by atoms with van der Waals surface area (Å²) in [7, 11) is 0. The maximum absolute atomic E-state index is 14.6. The van der Waals surface area contributed by atoms with Gasteiger partial charge >= 0.3 is 0 Å². The largest absolute Gasteiger partial charge is 0.368 e. The van der Waals surface area contributed by atoms with Crippen molar-refractivity contribution >= 4 is 46.2 Å². The van der Waals surface area contributed by atoms with E-state index in [-0.39, 0.29) is 57.0 Å². The lowest BCUT2D eigenvalue weighted by atomic mass is 9.84. The topological polar surface area (TPSA) is 240 Å². The number of rotatable bonds is 7. The lowest BCUT2D eigenvalue weighted by Gasteiger charge is -2.32. The van der Waals surface area contributed by atoms with Crippen LogP contribution in [0.15, 0.2) is 36.7 Å². The van der Waals surface area contributed by atoms with E-state index >= 15 is 0 Å². The summed E-state index contributed by atoms with van der Waals surface area (Å²) < 4.78 is 1.72. The predicted octanol–water partition coefficient (Wildman–Crippen LogP) is 1.12. The van der Waals surface area contributed by atoms with E-state index in [9.17, 15) is 28.8 Å². The molecule has 16 nitrogen and oxygen atoms in total. The van der Waals surface area contributed by atoms with Crippen molar-refractivity contribution in [2.24, 2.45) is 23.3 Å². The monoisotopic (exact) mass is 744 g/mol. The third-order valence-electron chi connectivity index (χ3n) is 11.6. The summed E-state index contributed by atoms with van der Waals surface area (Å²) in [6.07, 6.45) is 8.25. The smallest absolute Gasteiger partial charge is 0.243 e. The minimum atomic E-state index is -1.18. The number of Topliss-reactive ketones (excluding diaryl/α,β-unsaturated/α-hetero) is 1. The van der Waals surface area contributed by atoms with E-state index in [1.54, 1.807) is 10.9 Å². The van der Waals surface area contributed by atoms with E-state index in [4.69, 9.17) is 11.5 Å². The Morgan fingerprint density at radius 1 is 1.02 bits per heavy atom. The average Bonchev–Trinajstić information content (AvgIpc) is 3.99. The second-order valence-corrected chi connectivity index (χ2v) is 15.2. The lowest BCUT2D eigenvalue weighted by Crippen LogP contribution is -2.57. The number of primary amides is 1. The Kier molecular flexibility index (Phi) is 12.1. The highest BCUT2D eigenvalue weighted by Gasteiger charge is 2.45. The highest BCUT2D eigenvalue weighted by Crippen LogP contribution is 2.35. The standard InChI is InChI=1S/C38H52N10O6/c1-3-21(2)26-16-33(49)27(39)17-34(50)41-13-12-29(35(40)51)43-36(52)30(14-23-18-42-28-11-7-6-10-25(23)28)44-37(53)32-15-24(19-47(32)38(26)54)48-20-31(45-46-48)22-8-4-5-9-22/h6-7,10-11,18,20-22,24,26-27,29-30,32,42H,3-5,8-9,12-17,19,39H2,1-2H3,(H2,40,51)(H,41,50)(H,43,52)(H,44,53)/t21-,24-,26-,27-,29-,30-,32-/m0/s1. The number of hydrogen-bond donors (Lipinski definition) is 6. The van der Waals surface area contributed by atoms with Gasteiger partial charge in [0.2, 0.25) is 29.5 Å². The van der Waals surface area contributed by atoms with Gasteiger partial charge in [-0.05, 0) is 36.8 Å². The third-order valence-corrected chi connectivity index (χ3v) is 11.6. The first-order valence-electron chi connectivity index (χ1n) is 19.2. The van der Waals surface area contributed by atoms with Crippen LogP contribution in [0.5, 0.6) is 0 Å². The molecule has 1 aliphatic carbocycles. The number of aromatic nitrogens is 4. The molecule has 1 saturated carbocycles. The molecule has 16 heteroatoms. The van der Waals surface area contributed by atoms with Gasteiger partial charge in [0.25, 0.3) is 0 Å². The van der Waals surface area contributed by atoms with Crippen LogP contribution in [0.2, 0.25) is 0 Å². The number of amides is 5. The number of hydrogen-bond acceptors (Lipinski definition) is 9. The number of nitrogens with two attached hydrogens (primary N) is 2. The molecule has 2 aliphatic heterocycles. The average molecular weight is 745 g/mol. The highest BCUT2D eigenvalue weighted by atomic mass is 16.2. The second kappa shape index (κ2) is 16.9. The molecule has 8 N–H and O–H groups in total. The molecule has 2 saturated heterocycles. The van der Waals surface area contributed by atoms with Crippen molar-refractivity contribution in [3.05, 3.63) is 47.9 Å². The maximum Gasteiger partial charge on any atom is 0.243 e. The Morgan fingerprint density at radius 2 is 1.78 bits per heavy atom. The first-order chi connectivity index (χ1) is 25.9. The van der Waals surface area contributed by atoms with Gasteiger partial charge in [-0.25, -0.2) is 4.68 Å². The number of nitrogens with zero attached hydrogens (tertiary/aromatic N) is 4. The zero-order chi connectivity index (χ0) is 38.5. The van der Waals surface area contributed by atoms with Crippen molar-refractivity contribution in [3.8, 4) is 0 Å². The van der Waals surface area contributed by atoms with Crippen molar-refractivity contribution in [3.63, 3.8) is 0 Å². The third kappa shape index (κ3) is 8.64. The number of carbonyl (C=O) groups is 6. The van der Waals surface area contributed by atoms with Crippen molar-refractivity contribution in [1.29, 1.82) is 0 Å². The highest BCUT2D eigenvalue weighted by molar-refractivity contribution is 5.97. The number of benzene rings is 1. The molecule has 0 spiro atoms. The van der Waals surface area contributed by atoms with E-state index in [0.717, 1.165) is 47.8 Å². The summed E-state index contributed by atoms with van der Waals surface area (Å²) in [5.74, 6) is -4.13. The molecule has 4 heterocycles. The van der Waals surface area contributed by atoms with Crippen LogP contribution in [-0.2, 0) is 35.2 Å². The van der Waals surface area contributed by atoms with Crippen molar-refractivity contribution < 1.29 is 28.8 Å². The van der Waals surface area contributed by atoms with Crippen molar-refractivity contribution in [2.75, 3.05) is 13.1 Å². The molecule has 0 bridgehead atoms. The normalized spacial score (nSPS) is 27.5. The van der Waals surface area contributed by atoms with Crippen molar-refractivity contribution in [1.82, 2.24) is 40.8 Å². The van der Waals surface area contributed by atoms with Gasteiger partial charge in [-0.15, -0.1) is 5.10 Å². The minimum Gasteiger partial charge on any atom is -0.368 e. The number of fused-ring (bicyclic) bond motifs is 2. The molecular weight excluding hydrogens is 692 g/mol. The van der Waals surface area contributed by atoms with Gasteiger partial charge in [0.05, 0.1) is 17.8 Å². The summed E-state index contributed by atoms with van der Waals surface area (Å²) in [6, 6.07) is 2.60. The zero-order valence-corrected chi connectivity index (χ0v) is 31.0. The molecule has 2 aromatic heterocycles. The first-order valence-corrected chi connectivity index (χ1v) is 19.2. The summed E-state index contributed by atoms with van der Waals surface area (Å²) in [6.45, 7) is 3.89. The SMILES string of the molecule is CC[C@H](C)[C@@H]1CC(=O)[C@@H](N)CC(=O)NCC[C@@H](C(N)=O)NC(=O)[C@H](Cc2c[nH]c3ccccc23)NC(=O)[C@@H]2C[C@H](n3cc(C4CCCC4)nn3)CN2C1=O. The fourth-order valence-corrected chi connectivity index (χ4v) is 8.07. The van der Waals surface area contributed by atoms with E-state index in [1.165, 1.54) is 4.90 Å². The Hall–Kier alpha value is -5.12. The molecule has 3 fully saturated rings. The van der Waals surface area contributed by atoms with Gasteiger partial charge in [0.1, 0.15) is 18.1 Å². The molecule has 5 amide bonds. The van der Waals surface area contributed by atoms with Crippen LogP contribution in [0.1, 0.15) is 94.9 Å².